The van der Waals surface area contributed by atoms with Gasteiger partial charge in [0.25, 0.3) is 0 Å². The molecule has 1 aromatic carbocycles. The topological polar surface area (TPSA) is 17.1 Å². The van der Waals surface area contributed by atoms with Crippen LogP contribution in [0.5, 0.6) is 0 Å². The first-order chi connectivity index (χ1) is 6.76. The second-order valence-corrected chi connectivity index (χ2v) is 4.42. The number of rotatable bonds is 2. The Balaban J connectivity index is 2.83. The average Bonchev–Trinajstić information content (AvgIpc) is 2.57. The van der Waals surface area contributed by atoms with Crippen LogP contribution in [0.2, 0.25) is 0 Å². The third kappa shape index (κ3) is 1.48. The molecule has 0 N–H and O–H groups in total. The van der Waals surface area contributed by atoms with Gasteiger partial charge >= 0.3 is 0 Å². The van der Waals surface area contributed by atoms with Crippen molar-refractivity contribution in [1.82, 2.24) is 0 Å². The minimum atomic E-state index is -0.253. The first kappa shape index (κ1) is 9.80. The number of benzene rings is 1. The van der Waals surface area contributed by atoms with Crippen molar-refractivity contribution in [3.8, 4) is 0 Å². The van der Waals surface area contributed by atoms with E-state index in [4.69, 9.17) is 0 Å². The van der Waals surface area contributed by atoms with Gasteiger partial charge in [0.15, 0.2) is 11.4 Å². The third-order valence-corrected chi connectivity index (χ3v) is 3.62. The Morgan fingerprint density at radius 2 is 2.29 bits per heavy atom. The zero-order chi connectivity index (χ0) is 10.1. The van der Waals surface area contributed by atoms with E-state index in [1.807, 2.05) is 6.07 Å². The van der Waals surface area contributed by atoms with Gasteiger partial charge in [-0.15, -0.1) is 11.3 Å². The zero-order valence-electron chi connectivity index (χ0n) is 7.09. The third-order valence-electron chi connectivity index (χ3n) is 2.05. The summed E-state index contributed by atoms with van der Waals surface area (Å²) in [6.45, 7) is 0. The molecule has 0 saturated heterocycles. The molecule has 0 fully saturated rings. The number of carbonyl (C=O) groups excluding carboxylic acids is 1. The van der Waals surface area contributed by atoms with Gasteiger partial charge in [0.1, 0.15) is 0 Å². The predicted octanol–water partition coefficient (Wildman–Crippen LogP) is 3.75. The molecule has 1 heterocycles. The van der Waals surface area contributed by atoms with E-state index in [9.17, 15) is 9.18 Å². The molecule has 0 amide bonds. The van der Waals surface area contributed by atoms with E-state index >= 15 is 0 Å². The average molecular weight is 273 g/mol. The number of hydrogen-bond acceptors (Lipinski definition) is 2. The van der Waals surface area contributed by atoms with Gasteiger partial charge in [-0.05, 0) is 17.7 Å². The van der Waals surface area contributed by atoms with Crippen molar-refractivity contribution < 1.29 is 9.18 Å². The van der Waals surface area contributed by atoms with Gasteiger partial charge in [0.05, 0.1) is 0 Å². The number of thiophene rings is 1. The van der Waals surface area contributed by atoms with Crippen molar-refractivity contribution >= 4 is 43.6 Å². The molecule has 2 rings (SSSR count). The van der Waals surface area contributed by atoms with Crippen LogP contribution >= 0.6 is 27.3 Å². The summed E-state index contributed by atoms with van der Waals surface area (Å²) in [5, 5.41) is 1.24. The number of hydrogen-bond donors (Lipinski definition) is 0. The van der Waals surface area contributed by atoms with Gasteiger partial charge in [-0.25, -0.2) is 0 Å². The van der Waals surface area contributed by atoms with Crippen LogP contribution in [0.1, 0.15) is 15.9 Å². The molecule has 0 saturated carbocycles. The molecule has 0 aliphatic heterocycles. The normalized spacial score (nSPS) is 10.7. The molecule has 14 heavy (non-hydrogen) atoms. The lowest BCUT2D eigenvalue weighted by atomic mass is 10.1. The highest BCUT2D eigenvalue weighted by Gasteiger charge is 2.09. The van der Waals surface area contributed by atoms with E-state index in [0.717, 1.165) is 33.3 Å². The fourth-order valence-electron chi connectivity index (χ4n) is 1.38. The molecule has 4 heteroatoms. The van der Waals surface area contributed by atoms with E-state index in [1.165, 1.54) is 6.07 Å². The lowest BCUT2D eigenvalue weighted by molar-refractivity contribution is 0.112. The highest BCUT2D eigenvalue weighted by molar-refractivity contribution is 9.08. The van der Waals surface area contributed by atoms with Crippen LogP contribution in [0.15, 0.2) is 18.2 Å². The predicted molar refractivity (Wildman–Crippen MR) is 59.8 cm³/mol. The SMILES string of the molecule is O=Cc1ccc(CBr)c2cc(F)sc12. The van der Waals surface area contributed by atoms with Crippen molar-refractivity contribution in [2.45, 2.75) is 5.33 Å². The highest BCUT2D eigenvalue weighted by Crippen LogP contribution is 2.30. The molecule has 0 aliphatic carbocycles. The van der Waals surface area contributed by atoms with Gasteiger partial charge in [-0.3, -0.25) is 4.79 Å². The summed E-state index contributed by atoms with van der Waals surface area (Å²) in [5.41, 5.74) is 1.56. The van der Waals surface area contributed by atoms with E-state index in [1.54, 1.807) is 6.07 Å². The maximum absolute atomic E-state index is 13.0. The van der Waals surface area contributed by atoms with Crippen LogP contribution in [0.3, 0.4) is 0 Å². The molecule has 0 spiro atoms. The summed E-state index contributed by atoms with van der Waals surface area (Å²) in [6.07, 6.45) is 0.760. The van der Waals surface area contributed by atoms with Crippen LogP contribution in [-0.2, 0) is 5.33 Å². The summed E-state index contributed by atoms with van der Waals surface area (Å²) in [5.74, 6) is 0. The molecule has 1 aromatic heterocycles. The van der Waals surface area contributed by atoms with E-state index < -0.39 is 0 Å². The molecular weight excluding hydrogens is 267 g/mol. The van der Waals surface area contributed by atoms with E-state index in [2.05, 4.69) is 15.9 Å². The fourth-order valence-corrected chi connectivity index (χ4v) is 2.77. The number of carbonyl (C=O) groups is 1. The van der Waals surface area contributed by atoms with Gasteiger partial charge in [-0.1, -0.05) is 22.0 Å². The van der Waals surface area contributed by atoms with Crippen LogP contribution < -0.4 is 0 Å². The Labute approximate surface area is 92.7 Å². The number of fused-ring (bicyclic) bond motifs is 1. The zero-order valence-corrected chi connectivity index (χ0v) is 9.49. The molecule has 72 valence electrons. The van der Waals surface area contributed by atoms with Gasteiger partial charge in [0.2, 0.25) is 0 Å². The van der Waals surface area contributed by atoms with Gasteiger partial charge in [0, 0.05) is 21.0 Å². The Bertz CT molecular complexity index is 492. The summed E-state index contributed by atoms with van der Waals surface area (Å²) < 4.78 is 13.8. The molecule has 0 bridgehead atoms. The summed E-state index contributed by atoms with van der Waals surface area (Å²) in [7, 11) is 0. The van der Waals surface area contributed by atoms with Crippen LogP contribution in [0.4, 0.5) is 4.39 Å². The maximum atomic E-state index is 13.0. The van der Waals surface area contributed by atoms with Crippen molar-refractivity contribution in [1.29, 1.82) is 0 Å². The molecule has 2 aromatic rings. The monoisotopic (exact) mass is 272 g/mol. The summed E-state index contributed by atoms with van der Waals surface area (Å²) in [6, 6.07) is 5.04. The Hall–Kier alpha value is -0.740. The Morgan fingerprint density at radius 3 is 2.93 bits per heavy atom. The maximum Gasteiger partial charge on any atom is 0.177 e. The number of halogens is 2. The molecule has 0 atom stereocenters. The molecule has 0 unspecified atom stereocenters. The highest BCUT2D eigenvalue weighted by atomic mass is 79.9. The van der Waals surface area contributed by atoms with E-state index in [-0.39, 0.29) is 5.13 Å². The summed E-state index contributed by atoms with van der Waals surface area (Å²) in [4.78, 5) is 10.7. The smallest absolute Gasteiger partial charge is 0.177 e. The minimum Gasteiger partial charge on any atom is -0.298 e. The van der Waals surface area contributed by atoms with Crippen molar-refractivity contribution in [2.24, 2.45) is 0 Å². The molecular formula is C10H6BrFOS. The molecule has 1 nitrogen and oxygen atoms in total. The molecule has 0 radical (unpaired) electrons. The van der Waals surface area contributed by atoms with Crippen LogP contribution in [0.25, 0.3) is 10.1 Å². The first-order valence-corrected chi connectivity index (χ1v) is 5.92. The second kappa shape index (κ2) is 3.79. The lowest BCUT2D eigenvalue weighted by Crippen LogP contribution is -1.83. The number of aldehydes is 1. The quantitative estimate of drug-likeness (QED) is 0.601. The van der Waals surface area contributed by atoms with E-state index in [0.29, 0.717) is 10.9 Å². The number of alkyl halides is 1. The van der Waals surface area contributed by atoms with Crippen molar-refractivity contribution in [2.75, 3.05) is 0 Å². The standard InChI is InChI=1S/C10H6BrFOS/c11-4-6-1-2-7(5-13)10-8(6)3-9(12)14-10/h1-3,5H,4H2. The fraction of sp³-hybridized carbons (Fsp3) is 0.100. The minimum absolute atomic E-state index is 0.253. The largest absolute Gasteiger partial charge is 0.298 e. The lowest BCUT2D eigenvalue weighted by Gasteiger charge is -1.99. The van der Waals surface area contributed by atoms with Crippen molar-refractivity contribution in [3.63, 3.8) is 0 Å². The van der Waals surface area contributed by atoms with Crippen LogP contribution in [-0.4, -0.2) is 6.29 Å². The van der Waals surface area contributed by atoms with Crippen molar-refractivity contribution in [3.05, 3.63) is 34.5 Å². The second-order valence-electron chi connectivity index (χ2n) is 2.86. The Kier molecular flexibility index (Phi) is 2.65. The van der Waals surface area contributed by atoms with Gasteiger partial charge < -0.3 is 0 Å². The Morgan fingerprint density at radius 1 is 1.50 bits per heavy atom. The summed E-state index contributed by atoms with van der Waals surface area (Å²) >= 11 is 4.34. The molecule has 0 aliphatic rings. The van der Waals surface area contributed by atoms with Crippen LogP contribution in [0, 0.1) is 5.13 Å². The van der Waals surface area contributed by atoms with Gasteiger partial charge in [-0.2, -0.15) is 4.39 Å². The first-order valence-electron chi connectivity index (χ1n) is 3.98.